The van der Waals surface area contributed by atoms with Crippen LogP contribution < -0.4 is 4.74 Å². The van der Waals surface area contributed by atoms with Crippen LogP contribution in [0.25, 0.3) is 0 Å². The summed E-state index contributed by atoms with van der Waals surface area (Å²) in [6.07, 6.45) is 8.25. The molecule has 2 nitrogen and oxygen atoms in total. The molecular formula is C16H23ClO2. The van der Waals surface area contributed by atoms with Gasteiger partial charge in [0.25, 0.3) is 0 Å². The minimum atomic E-state index is -0.411. The van der Waals surface area contributed by atoms with Crippen LogP contribution in [0.1, 0.15) is 56.6 Å². The second kappa shape index (κ2) is 7.16. The van der Waals surface area contributed by atoms with Crippen molar-refractivity contribution in [1.29, 1.82) is 0 Å². The fourth-order valence-electron chi connectivity index (χ4n) is 2.94. The Morgan fingerprint density at radius 2 is 1.95 bits per heavy atom. The SMILES string of the molecule is COc1ccc(C(O)CC2CCCCCC2)cc1Cl. The summed E-state index contributed by atoms with van der Waals surface area (Å²) in [4.78, 5) is 0. The van der Waals surface area contributed by atoms with Gasteiger partial charge in [-0.05, 0) is 30.0 Å². The Kier molecular flexibility index (Phi) is 5.53. The molecule has 1 N–H and O–H groups in total. The third kappa shape index (κ3) is 4.12. The molecule has 0 radical (unpaired) electrons. The highest BCUT2D eigenvalue weighted by Crippen LogP contribution is 2.33. The molecule has 1 saturated carbocycles. The maximum atomic E-state index is 10.4. The fraction of sp³-hybridized carbons (Fsp3) is 0.625. The summed E-state index contributed by atoms with van der Waals surface area (Å²) in [5.74, 6) is 1.31. The highest BCUT2D eigenvalue weighted by Gasteiger charge is 2.18. The average Bonchev–Trinajstić information content (AvgIpc) is 2.67. The molecule has 0 aliphatic heterocycles. The van der Waals surface area contributed by atoms with Crippen LogP contribution in [0.2, 0.25) is 5.02 Å². The molecule has 0 spiro atoms. The van der Waals surface area contributed by atoms with Gasteiger partial charge in [0.15, 0.2) is 0 Å². The molecule has 106 valence electrons. The molecule has 1 aliphatic rings. The van der Waals surface area contributed by atoms with Gasteiger partial charge >= 0.3 is 0 Å². The van der Waals surface area contributed by atoms with Gasteiger partial charge in [0.05, 0.1) is 18.2 Å². The van der Waals surface area contributed by atoms with Gasteiger partial charge < -0.3 is 9.84 Å². The van der Waals surface area contributed by atoms with Crippen molar-refractivity contribution >= 4 is 11.6 Å². The summed E-state index contributed by atoms with van der Waals surface area (Å²) < 4.78 is 5.13. The number of hydrogen-bond acceptors (Lipinski definition) is 2. The zero-order valence-electron chi connectivity index (χ0n) is 11.6. The molecule has 0 saturated heterocycles. The monoisotopic (exact) mass is 282 g/mol. The second-order valence-corrected chi connectivity index (χ2v) is 5.91. The van der Waals surface area contributed by atoms with Gasteiger partial charge in [-0.1, -0.05) is 56.2 Å². The molecule has 2 rings (SSSR count). The lowest BCUT2D eigenvalue weighted by Crippen LogP contribution is -2.07. The van der Waals surface area contributed by atoms with Crippen LogP contribution in [0.4, 0.5) is 0 Å². The highest BCUT2D eigenvalue weighted by atomic mass is 35.5. The van der Waals surface area contributed by atoms with E-state index in [2.05, 4.69) is 0 Å². The molecule has 0 bridgehead atoms. The van der Waals surface area contributed by atoms with Gasteiger partial charge in [0.1, 0.15) is 5.75 Å². The highest BCUT2D eigenvalue weighted by molar-refractivity contribution is 6.32. The Morgan fingerprint density at radius 1 is 1.26 bits per heavy atom. The van der Waals surface area contributed by atoms with E-state index in [1.54, 1.807) is 7.11 Å². The van der Waals surface area contributed by atoms with Gasteiger partial charge in [-0.15, -0.1) is 0 Å². The lowest BCUT2D eigenvalue weighted by atomic mass is 9.91. The summed E-state index contributed by atoms with van der Waals surface area (Å²) in [7, 11) is 1.60. The van der Waals surface area contributed by atoms with Crippen LogP contribution in [0.3, 0.4) is 0 Å². The third-order valence-corrected chi connectivity index (χ3v) is 4.39. The van der Waals surface area contributed by atoms with E-state index in [1.165, 1.54) is 38.5 Å². The van der Waals surface area contributed by atoms with Gasteiger partial charge in [-0.3, -0.25) is 0 Å². The summed E-state index contributed by atoms with van der Waals surface area (Å²) in [6, 6.07) is 5.56. The Labute approximate surface area is 120 Å². The number of benzene rings is 1. The molecule has 1 fully saturated rings. The van der Waals surface area contributed by atoms with E-state index < -0.39 is 6.10 Å². The zero-order chi connectivity index (χ0) is 13.7. The molecule has 3 heteroatoms. The largest absolute Gasteiger partial charge is 0.495 e. The van der Waals surface area contributed by atoms with E-state index in [4.69, 9.17) is 16.3 Å². The minimum absolute atomic E-state index is 0.411. The Balaban J connectivity index is 1.98. The van der Waals surface area contributed by atoms with Crippen molar-refractivity contribution in [1.82, 2.24) is 0 Å². The van der Waals surface area contributed by atoms with Gasteiger partial charge in [0.2, 0.25) is 0 Å². The van der Waals surface area contributed by atoms with Crippen LogP contribution in [0, 0.1) is 5.92 Å². The molecule has 1 atom stereocenters. The smallest absolute Gasteiger partial charge is 0.137 e. The van der Waals surface area contributed by atoms with E-state index in [0.717, 1.165) is 12.0 Å². The minimum Gasteiger partial charge on any atom is -0.495 e. The van der Waals surface area contributed by atoms with Crippen LogP contribution in [-0.4, -0.2) is 12.2 Å². The quantitative estimate of drug-likeness (QED) is 0.808. The zero-order valence-corrected chi connectivity index (χ0v) is 12.3. The Bertz CT molecular complexity index is 398. The van der Waals surface area contributed by atoms with Crippen molar-refractivity contribution in [2.45, 2.75) is 51.0 Å². The van der Waals surface area contributed by atoms with Gasteiger partial charge in [-0.25, -0.2) is 0 Å². The fourth-order valence-corrected chi connectivity index (χ4v) is 3.21. The van der Waals surface area contributed by atoms with E-state index in [1.807, 2.05) is 18.2 Å². The maximum absolute atomic E-state index is 10.4. The van der Waals surface area contributed by atoms with Crippen LogP contribution in [-0.2, 0) is 0 Å². The van der Waals surface area contributed by atoms with Crippen molar-refractivity contribution in [2.75, 3.05) is 7.11 Å². The number of halogens is 1. The van der Waals surface area contributed by atoms with Crippen molar-refractivity contribution < 1.29 is 9.84 Å². The predicted molar refractivity (Wildman–Crippen MR) is 78.8 cm³/mol. The first-order valence-corrected chi connectivity index (χ1v) is 7.60. The number of ether oxygens (including phenoxy) is 1. The summed E-state index contributed by atoms with van der Waals surface area (Å²) in [6.45, 7) is 0. The Hall–Kier alpha value is -0.730. The van der Waals surface area contributed by atoms with Crippen LogP contribution in [0.5, 0.6) is 5.75 Å². The Morgan fingerprint density at radius 3 is 2.53 bits per heavy atom. The van der Waals surface area contributed by atoms with Crippen LogP contribution >= 0.6 is 11.6 Å². The van der Waals surface area contributed by atoms with E-state index >= 15 is 0 Å². The maximum Gasteiger partial charge on any atom is 0.137 e. The number of rotatable bonds is 4. The van der Waals surface area contributed by atoms with Crippen molar-refractivity contribution in [3.8, 4) is 5.75 Å². The first kappa shape index (κ1) is 14.7. The first-order chi connectivity index (χ1) is 9.20. The van der Waals surface area contributed by atoms with Crippen LogP contribution in [0.15, 0.2) is 18.2 Å². The normalized spacial score (nSPS) is 18.9. The van der Waals surface area contributed by atoms with Gasteiger partial charge in [0, 0.05) is 0 Å². The van der Waals surface area contributed by atoms with Crippen molar-refractivity contribution in [3.05, 3.63) is 28.8 Å². The van der Waals surface area contributed by atoms with Crippen molar-refractivity contribution in [3.63, 3.8) is 0 Å². The van der Waals surface area contributed by atoms with E-state index in [9.17, 15) is 5.11 Å². The standard InChI is InChI=1S/C16H23ClO2/c1-19-16-9-8-13(11-14(16)17)15(18)10-12-6-4-2-3-5-7-12/h8-9,11-12,15,18H,2-7,10H2,1H3. The first-order valence-electron chi connectivity index (χ1n) is 7.22. The third-order valence-electron chi connectivity index (χ3n) is 4.09. The molecule has 0 amide bonds. The molecule has 19 heavy (non-hydrogen) atoms. The second-order valence-electron chi connectivity index (χ2n) is 5.50. The molecule has 1 unspecified atom stereocenters. The molecule has 1 aromatic rings. The molecule has 0 aromatic heterocycles. The molecule has 1 aliphatic carbocycles. The average molecular weight is 283 g/mol. The lowest BCUT2D eigenvalue weighted by Gasteiger charge is -2.19. The molecular weight excluding hydrogens is 260 g/mol. The number of methoxy groups -OCH3 is 1. The predicted octanol–water partition coefficient (Wildman–Crippen LogP) is 4.74. The summed E-state index contributed by atoms with van der Waals surface area (Å²) in [5.41, 5.74) is 0.898. The molecule has 0 heterocycles. The topological polar surface area (TPSA) is 29.5 Å². The number of aliphatic hydroxyl groups excluding tert-OH is 1. The summed E-state index contributed by atoms with van der Waals surface area (Å²) in [5, 5.41) is 10.9. The van der Waals surface area contributed by atoms with Crippen molar-refractivity contribution in [2.24, 2.45) is 5.92 Å². The van der Waals surface area contributed by atoms with E-state index in [-0.39, 0.29) is 0 Å². The van der Waals surface area contributed by atoms with E-state index in [0.29, 0.717) is 16.7 Å². The summed E-state index contributed by atoms with van der Waals surface area (Å²) >= 11 is 6.11. The van der Waals surface area contributed by atoms with Gasteiger partial charge in [-0.2, -0.15) is 0 Å². The number of hydrogen-bond donors (Lipinski definition) is 1. The molecule has 1 aromatic carbocycles. The lowest BCUT2D eigenvalue weighted by molar-refractivity contribution is 0.139. The number of aliphatic hydroxyl groups is 1.